The Morgan fingerprint density at radius 1 is 1.04 bits per heavy atom. The number of piperidine rings is 1. The molecule has 5 nitrogen and oxygen atoms in total. The molecule has 2 aromatic rings. The van der Waals surface area contributed by atoms with Crippen molar-refractivity contribution in [2.75, 3.05) is 18.8 Å². The molecule has 1 fully saturated rings. The third kappa shape index (κ3) is 2.92. The van der Waals surface area contributed by atoms with E-state index in [1.54, 1.807) is 0 Å². The quantitative estimate of drug-likeness (QED) is 0.507. The monoisotopic (exact) mass is 361 g/mol. The van der Waals surface area contributed by atoms with Crippen LogP contribution < -0.4 is 5.73 Å². The number of halogens is 5. The van der Waals surface area contributed by atoms with Gasteiger partial charge in [0.05, 0.1) is 5.69 Å². The lowest BCUT2D eigenvalue weighted by atomic mass is 9.93. The second-order valence-corrected chi connectivity index (χ2v) is 5.67. The maximum Gasteiger partial charge on any atom is 0.260 e. The third-order valence-corrected chi connectivity index (χ3v) is 4.17. The van der Waals surface area contributed by atoms with Crippen LogP contribution in [0.15, 0.2) is 10.6 Å². The average Bonchev–Trinajstić information content (AvgIpc) is 3.05. The molecule has 1 aliphatic rings. The van der Waals surface area contributed by atoms with Crippen molar-refractivity contribution in [2.45, 2.75) is 18.8 Å². The molecule has 0 atom stereocenters. The summed E-state index contributed by atoms with van der Waals surface area (Å²) in [6.07, 6.45) is 0.764. The lowest BCUT2D eigenvalue weighted by Crippen LogP contribution is -2.39. The van der Waals surface area contributed by atoms with E-state index in [-0.39, 0.29) is 24.9 Å². The van der Waals surface area contributed by atoms with Gasteiger partial charge in [-0.1, -0.05) is 5.16 Å². The van der Waals surface area contributed by atoms with Gasteiger partial charge in [0.2, 0.25) is 11.7 Å². The van der Waals surface area contributed by atoms with Crippen molar-refractivity contribution in [3.63, 3.8) is 0 Å². The van der Waals surface area contributed by atoms with Gasteiger partial charge in [0.25, 0.3) is 5.91 Å². The van der Waals surface area contributed by atoms with Crippen molar-refractivity contribution in [2.24, 2.45) is 0 Å². The molecule has 0 radical (unpaired) electrons. The Balaban J connectivity index is 1.80. The molecule has 0 aliphatic carbocycles. The molecule has 25 heavy (non-hydrogen) atoms. The van der Waals surface area contributed by atoms with Gasteiger partial charge in [0.15, 0.2) is 23.3 Å². The second-order valence-electron chi connectivity index (χ2n) is 5.67. The number of nitrogens with two attached hydrogens (primary N) is 1. The SMILES string of the molecule is Nc1cc(C2CCN(C(=O)c3c(F)c(F)c(F)c(F)c3F)CC2)no1. The number of aromatic nitrogens is 1. The lowest BCUT2D eigenvalue weighted by molar-refractivity contribution is 0.0698. The van der Waals surface area contributed by atoms with E-state index in [4.69, 9.17) is 10.3 Å². The van der Waals surface area contributed by atoms with Crippen LogP contribution in [-0.4, -0.2) is 29.1 Å². The summed E-state index contributed by atoms with van der Waals surface area (Å²) in [6, 6.07) is 1.53. The number of carbonyl (C=O) groups excluding carboxylic acids is 1. The molecule has 1 amide bonds. The molecule has 2 heterocycles. The zero-order chi connectivity index (χ0) is 18.3. The zero-order valence-electron chi connectivity index (χ0n) is 12.7. The summed E-state index contributed by atoms with van der Waals surface area (Å²) in [5, 5.41) is 3.76. The number of amides is 1. The highest BCUT2D eigenvalue weighted by Gasteiger charge is 2.34. The van der Waals surface area contributed by atoms with Crippen LogP contribution in [0.1, 0.15) is 34.8 Å². The van der Waals surface area contributed by atoms with Crippen molar-refractivity contribution >= 4 is 11.8 Å². The van der Waals surface area contributed by atoms with Gasteiger partial charge in [-0.2, -0.15) is 0 Å². The Morgan fingerprint density at radius 3 is 2.04 bits per heavy atom. The Labute approximate surface area is 138 Å². The Hall–Kier alpha value is -2.65. The molecular weight excluding hydrogens is 349 g/mol. The summed E-state index contributed by atoms with van der Waals surface area (Å²) in [6.45, 7) is 0.130. The number of benzene rings is 1. The molecule has 3 rings (SSSR count). The van der Waals surface area contributed by atoms with E-state index < -0.39 is 40.6 Å². The van der Waals surface area contributed by atoms with Gasteiger partial charge in [-0.05, 0) is 12.8 Å². The van der Waals surface area contributed by atoms with Gasteiger partial charge in [-0.15, -0.1) is 0 Å². The van der Waals surface area contributed by atoms with Gasteiger partial charge >= 0.3 is 0 Å². The number of nitrogen functional groups attached to an aromatic ring is 1. The van der Waals surface area contributed by atoms with Gasteiger partial charge < -0.3 is 15.2 Å². The molecule has 1 aliphatic heterocycles. The fourth-order valence-electron chi connectivity index (χ4n) is 2.83. The number of hydrogen-bond donors (Lipinski definition) is 1. The molecule has 134 valence electrons. The van der Waals surface area contributed by atoms with E-state index in [0.717, 1.165) is 4.90 Å². The normalized spacial score (nSPS) is 15.6. The fourth-order valence-corrected chi connectivity index (χ4v) is 2.83. The van der Waals surface area contributed by atoms with E-state index in [2.05, 4.69) is 5.16 Å². The molecule has 0 saturated carbocycles. The van der Waals surface area contributed by atoms with Gasteiger partial charge in [-0.3, -0.25) is 4.79 Å². The van der Waals surface area contributed by atoms with E-state index >= 15 is 0 Å². The first-order chi connectivity index (χ1) is 11.8. The first kappa shape index (κ1) is 17.2. The standard InChI is InChI=1S/C15H12F5N3O2/c16-10-9(11(17)13(19)14(20)12(10)18)15(24)23-3-1-6(2-4-23)7-5-8(21)25-22-7/h5-6H,1-4,21H2. The summed E-state index contributed by atoms with van der Waals surface area (Å²) in [7, 11) is 0. The van der Waals surface area contributed by atoms with Crippen LogP contribution in [0, 0.1) is 29.1 Å². The van der Waals surface area contributed by atoms with Crippen LogP contribution in [0.3, 0.4) is 0 Å². The highest BCUT2D eigenvalue weighted by Crippen LogP contribution is 2.30. The summed E-state index contributed by atoms with van der Waals surface area (Å²) >= 11 is 0. The predicted molar refractivity (Wildman–Crippen MR) is 75.0 cm³/mol. The Kier molecular flexibility index (Phi) is 4.36. The topological polar surface area (TPSA) is 72.4 Å². The number of nitrogens with zero attached hydrogens (tertiary/aromatic N) is 2. The van der Waals surface area contributed by atoms with Crippen LogP contribution in [-0.2, 0) is 0 Å². The molecule has 1 aromatic heterocycles. The maximum atomic E-state index is 13.7. The van der Waals surface area contributed by atoms with Crippen LogP contribution in [0.25, 0.3) is 0 Å². The number of carbonyl (C=O) groups is 1. The van der Waals surface area contributed by atoms with Crippen LogP contribution >= 0.6 is 0 Å². The highest BCUT2D eigenvalue weighted by atomic mass is 19.2. The van der Waals surface area contributed by atoms with Gasteiger partial charge in [0.1, 0.15) is 5.56 Å². The Morgan fingerprint density at radius 2 is 1.56 bits per heavy atom. The van der Waals surface area contributed by atoms with Crippen LogP contribution in [0.5, 0.6) is 0 Å². The van der Waals surface area contributed by atoms with Crippen molar-refractivity contribution < 1.29 is 31.3 Å². The predicted octanol–water partition coefficient (Wildman–Crippen LogP) is 2.97. The molecule has 2 N–H and O–H groups in total. The largest absolute Gasteiger partial charge is 0.368 e. The number of anilines is 1. The van der Waals surface area contributed by atoms with E-state index in [1.807, 2.05) is 0 Å². The van der Waals surface area contributed by atoms with Crippen molar-refractivity contribution in [3.8, 4) is 0 Å². The molecule has 0 spiro atoms. The summed E-state index contributed by atoms with van der Waals surface area (Å²) in [5.41, 5.74) is 4.57. The van der Waals surface area contributed by atoms with Gasteiger partial charge in [0, 0.05) is 25.1 Å². The molecule has 0 bridgehead atoms. The number of hydrogen-bond acceptors (Lipinski definition) is 4. The fraction of sp³-hybridized carbons (Fsp3) is 0.333. The summed E-state index contributed by atoms with van der Waals surface area (Å²) in [4.78, 5) is 13.3. The lowest BCUT2D eigenvalue weighted by Gasteiger charge is -2.31. The van der Waals surface area contributed by atoms with Crippen LogP contribution in [0.2, 0.25) is 0 Å². The summed E-state index contributed by atoms with van der Waals surface area (Å²) in [5.74, 6) is -12.0. The minimum absolute atomic E-state index is 0.0652. The van der Waals surface area contributed by atoms with E-state index in [1.165, 1.54) is 6.07 Å². The van der Waals surface area contributed by atoms with Crippen LogP contribution in [0.4, 0.5) is 27.8 Å². The van der Waals surface area contributed by atoms with E-state index in [9.17, 15) is 26.7 Å². The smallest absolute Gasteiger partial charge is 0.260 e. The Bertz CT molecular complexity index is 802. The average molecular weight is 361 g/mol. The van der Waals surface area contributed by atoms with Crippen molar-refractivity contribution in [1.82, 2.24) is 10.1 Å². The molecule has 1 aromatic carbocycles. The molecular formula is C15H12F5N3O2. The minimum Gasteiger partial charge on any atom is -0.368 e. The van der Waals surface area contributed by atoms with Crippen molar-refractivity contribution in [1.29, 1.82) is 0 Å². The third-order valence-electron chi connectivity index (χ3n) is 4.17. The molecule has 1 saturated heterocycles. The first-order valence-corrected chi connectivity index (χ1v) is 7.34. The highest BCUT2D eigenvalue weighted by molar-refractivity contribution is 5.95. The first-order valence-electron chi connectivity index (χ1n) is 7.34. The number of rotatable bonds is 2. The number of likely N-dealkylation sites (tertiary alicyclic amines) is 1. The van der Waals surface area contributed by atoms with Gasteiger partial charge in [-0.25, -0.2) is 22.0 Å². The molecule has 10 heteroatoms. The summed E-state index contributed by atoms with van der Waals surface area (Å²) < 4.78 is 71.8. The maximum absolute atomic E-state index is 13.7. The minimum atomic E-state index is -2.30. The molecule has 0 unspecified atom stereocenters. The van der Waals surface area contributed by atoms with E-state index in [0.29, 0.717) is 18.5 Å². The van der Waals surface area contributed by atoms with Crippen molar-refractivity contribution in [3.05, 3.63) is 46.4 Å². The second kappa shape index (κ2) is 6.34. The zero-order valence-corrected chi connectivity index (χ0v) is 12.7.